The number of nitrogens with zero attached hydrogens (tertiary/aromatic N) is 4. The first-order chi connectivity index (χ1) is 11.3. The van der Waals surface area contributed by atoms with Crippen LogP contribution < -0.4 is 10.2 Å². The zero-order chi connectivity index (χ0) is 17.7. The number of carbonyl (C=O) groups excluding carboxylic acids is 1. The van der Waals surface area contributed by atoms with E-state index in [2.05, 4.69) is 41.0 Å². The van der Waals surface area contributed by atoms with E-state index >= 15 is 0 Å². The van der Waals surface area contributed by atoms with Gasteiger partial charge in [-0.2, -0.15) is 0 Å². The molecule has 134 valence electrons. The quantitative estimate of drug-likeness (QED) is 0.850. The number of amides is 1. The molecular formula is C18H31N5O. The van der Waals surface area contributed by atoms with Gasteiger partial charge >= 0.3 is 0 Å². The van der Waals surface area contributed by atoms with Crippen molar-refractivity contribution in [1.29, 1.82) is 0 Å². The molecule has 6 heteroatoms. The summed E-state index contributed by atoms with van der Waals surface area (Å²) < 4.78 is 0. The predicted octanol–water partition coefficient (Wildman–Crippen LogP) is 1.29. The number of pyridine rings is 1. The van der Waals surface area contributed by atoms with Crippen LogP contribution in [0.25, 0.3) is 0 Å². The largest absolute Gasteiger partial charge is 0.378 e. The third-order valence-corrected chi connectivity index (χ3v) is 4.59. The van der Waals surface area contributed by atoms with Crippen LogP contribution in [-0.2, 0) is 0 Å². The Morgan fingerprint density at radius 2 is 1.96 bits per heavy atom. The molecule has 1 fully saturated rings. The van der Waals surface area contributed by atoms with Gasteiger partial charge in [-0.05, 0) is 39.4 Å². The fourth-order valence-corrected chi connectivity index (χ4v) is 2.76. The topological polar surface area (TPSA) is 51.7 Å². The van der Waals surface area contributed by atoms with Crippen molar-refractivity contribution in [1.82, 2.24) is 20.1 Å². The summed E-state index contributed by atoms with van der Waals surface area (Å²) in [5, 5.41) is 3.13. The van der Waals surface area contributed by atoms with Crippen LogP contribution in [0.5, 0.6) is 0 Å². The van der Waals surface area contributed by atoms with Crippen LogP contribution in [-0.4, -0.2) is 80.1 Å². The second-order valence-electron chi connectivity index (χ2n) is 7.53. The van der Waals surface area contributed by atoms with Crippen LogP contribution in [0.2, 0.25) is 0 Å². The molecule has 0 atom stereocenters. The molecule has 1 amide bonds. The maximum Gasteiger partial charge on any atom is 0.270 e. The Bertz CT molecular complexity index is 550. The number of likely N-dealkylation sites (N-methyl/N-ethyl adjacent to an activating group) is 1. The highest BCUT2D eigenvalue weighted by Gasteiger charge is 2.24. The lowest BCUT2D eigenvalue weighted by molar-refractivity contribution is 0.0888. The van der Waals surface area contributed by atoms with Crippen molar-refractivity contribution < 1.29 is 4.79 Å². The van der Waals surface area contributed by atoms with Gasteiger partial charge in [-0.25, -0.2) is 0 Å². The van der Waals surface area contributed by atoms with E-state index in [9.17, 15) is 4.79 Å². The fourth-order valence-electron chi connectivity index (χ4n) is 2.76. The molecule has 2 rings (SSSR count). The highest BCUT2D eigenvalue weighted by molar-refractivity contribution is 5.93. The van der Waals surface area contributed by atoms with E-state index in [0.717, 1.165) is 44.8 Å². The Hall–Kier alpha value is -1.66. The highest BCUT2D eigenvalue weighted by Crippen LogP contribution is 2.14. The standard InChI is InChI=1S/C18H31N5O/c1-18(2,7-9-23-12-10-22(5)11-13-23)20-17(24)16-14-15(21(3)4)6-8-19-16/h6,8,14H,7,9-13H2,1-5H3,(H,20,24). The van der Waals surface area contributed by atoms with Crippen LogP contribution in [0.3, 0.4) is 0 Å². The van der Waals surface area contributed by atoms with Gasteiger partial charge in [0.2, 0.25) is 0 Å². The van der Waals surface area contributed by atoms with E-state index < -0.39 is 0 Å². The summed E-state index contributed by atoms with van der Waals surface area (Å²) in [6, 6.07) is 3.72. The van der Waals surface area contributed by atoms with Gasteiger partial charge in [0, 0.05) is 64.2 Å². The van der Waals surface area contributed by atoms with Crippen LogP contribution in [0.4, 0.5) is 5.69 Å². The number of anilines is 1. The molecule has 6 nitrogen and oxygen atoms in total. The molecule has 0 spiro atoms. The molecule has 0 saturated carbocycles. The molecule has 1 aromatic heterocycles. The number of piperazine rings is 1. The van der Waals surface area contributed by atoms with Gasteiger partial charge in [0.15, 0.2) is 0 Å². The first kappa shape index (κ1) is 18.7. The van der Waals surface area contributed by atoms with Crippen molar-refractivity contribution >= 4 is 11.6 Å². The van der Waals surface area contributed by atoms with E-state index in [1.54, 1.807) is 6.20 Å². The van der Waals surface area contributed by atoms with Gasteiger partial charge in [-0.3, -0.25) is 9.78 Å². The van der Waals surface area contributed by atoms with Gasteiger partial charge in [-0.1, -0.05) is 0 Å². The molecule has 0 aromatic carbocycles. The maximum absolute atomic E-state index is 12.5. The molecule has 1 N–H and O–H groups in total. The maximum atomic E-state index is 12.5. The summed E-state index contributed by atoms with van der Waals surface area (Å²) in [6.07, 6.45) is 2.61. The molecule has 1 aromatic rings. The van der Waals surface area contributed by atoms with Gasteiger partial charge in [-0.15, -0.1) is 0 Å². The van der Waals surface area contributed by atoms with Gasteiger partial charge in [0.05, 0.1) is 0 Å². The summed E-state index contributed by atoms with van der Waals surface area (Å²) in [6.45, 7) is 9.61. The average Bonchev–Trinajstić information content (AvgIpc) is 2.54. The molecule has 0 radical (unpaired) electrons. The number of hydrogen-bond donors (Lipinski definition) is 1. The van der Waals surface area contributed by atoms with Crippen LogP contribution in [0, 0.1) is 0 Å². The summed E-state index contributed by atoms with van der Waals surface area (Å²) in [7, 11) is 6.07. The first-order valence-electron chi connectivity index (χ1n) is 8.64. The molecule has 0 bridgehead atoms. The predicted molar refractivity (Wildman–Crippen MR) is 98.7 cm³/mol. The lowest BCUT2D eigenvalue weighted by Crippen LogP contribution is -2.49. The Labute approximate surface area is 145 Å². The number of rotatable bonds is 6. The smallest absolute Gasteiger partial charge is 0.270 e. The minimum absolute atomic E-state index is 0.109. The highest BCUT2D eigenvalue weighted by atomic mass is 16.2. The van der Waals surface area contributed by atoms with Crippen molar-refractivity contribution in [3.8, 4) is 0 Å². The van der Waals surface area contributed by atoms with Crippen LogP contribution in [0.1, 0.15) is 30.8 Å². The van der Waals surface area contributed by atoms with Crippen LogP contribution in [0.15, 0.2) is 18.3 Å². The number of hydrogen-bond acceptors (Lipinski definition) is 5. The van der Waals surface area contributed by atoms with Gasteiger partial charge < -0.3 is 20.0 Å². The second-order valence-corrected chi connectivity index (χ2v) is 7.53. The zero-order valence-corrected chi connectivity index (χ0v) is 15.7. The SMILES string of the molecule is CN1CCN(CCC(C)(C)NC(=O)c2cc(N(C)C)ccn2)CC1. The van der Waals surface area contributed by atoms with Crippen molar-refractivity contribution in [2.45, 2.75) is 25.8 Å². The summed E-state index contributed by atoms with van der Waals surface area (Å²) in [5.74, 6) is -0.109. The summed E-state index contributed by atoms with van der Waals surface area (Å²) >= 11 is 0. The number of aromatic nitrogens is 1. The van der Waals surface area contributed by atoms with Crippen molar-refractivity contribution in [2.75, 3.05) is 58.8 Å². The summed E-state index contributed by atoms with van der Waals surface area (Å²) in [5.41, 5.74) is 1.19. The van der Waals surface area contributed by atoms with Crippen molar-refractivity contribution in [2.24, 2.45) is 0 Å². The third kappa shape index (κ3) is 5.46. The van der Waals surface area contributed by atoms with Crippen molar-refractivity contribution in [3.63, 3.8) is 0 Å². The lowest BCUT2D eigenvalue weighted by atomic mass is 9.99. The normalized spacial score (nSPS) is 16.9. The van der Waals surface area contributed by atoms with E-state index in [-0.39, 0.29) is 11.4 Å². The Morgan fingerprint density at radius 3 is 2.58 bits per heavy atom. The number of nitrogens with one attached hydrogen (secondary N) is 1. The molecule has 24 heavy (non-hydrogen) atoms. The molecular weight excluding hydrogens is 302 g/mol. The first-order valence-corrected chi connectivity index (χ1v) is 8.64. The Kier molecular flexibility index (Phi) is 6.18. The molecule has 0 unspecified atom stereocenters. The number of carbonyl (C=O) groups is 1. The Morgan fingerprint density at radius 1 is 1.29 bits per heavy atom. The summed E-state index contributed by atoms with van der Waals surface area (Å²) in [4.78, 5) is 23.5. The zero-order valence-electron chi connectivity index (χ0n) is 15.7. The molecule has 2 heterocycles. The van der Waals surface area contributed by atoms with Crippen LogP contribution >= 0.6 is 0 Å². The molecule has 1 aliphatic rings. The molecule has 1 saturated heterocycles. The molecule has 0 aliphatic carbocycles. The fraction of sp³-hybridized carbons (Fsp3) is 0.667. The molecule has 1 aliphatic heterocycles. The monoisotopic (exact) mass is 333 g/mol. The van der Waals surface area contributed by atoms with E-state index in [0.29, 0.717) is 5.69 Å². The lowest BCUT2D eigenvalue weighted by Gasteiger charge is -2.35. The second kappa shape index (κ2) is 7.94. The van der Waals surface area contributed by atoms with Gasteiger partial charge in [0.25, 0.3) is 5.91 Å². The minimum atomic E-state index is -0.254. The van der Waals surface area contributed by atoms with E-state index in [1.165, 1.54) is 0 Å². The van der Waals surface area contributed by atoms with Crippen molar-refractivity contribution in [3.05, 3.63) is 24.0 Å². The average molecular weight is 333 g/mol. The minimum Gasteiger partial charge on any atom is -0.378 e. The third-order valence-electron chi connectivity index (χ3n) is 4.59. The van der Waals surface area contributed by atoms with Gasteiger partial charge in [0.1, 0.15) is 5.69 Å². The van der Waals surface area contributed by atoms with E-state index in [1.807, 2.05) is 31.1 Å². The Balaban J connectivity index is 1.88. The van der Waals surface area contributed by atoms with E-state index in [4.69, 9.17) is 0 Å².